The molecule has 160 valence electrons. The van der Waals surface area contributed by atoms with Crippen LogP contribution in [0, 0.1) is 5.82 Å². The van der Waals surface area contributed by atoms with Crippen LogP contribution in [0.15, 0.2) is 77.7 Å². The molecule has 0 spiro atoms. The van der Waals surface area contributed by atoms with Gasteiger partial charge in [0.05, 0.1) is 12.8 Å². The molecule has 6 nitrogen and oxygen atoms in total. The Morgan fingerprint density at radius 3 is 2.42 bits per heavy atom. The van der Waals surface area contributed by atoms with Gasteiger partial charge in [-0.25, -0.2) is 12.8 Å². The predicted molar refractivity (Wildman–Crippen MR) is 116 cm³/mol. The zero-order valence-electron chi connectivity index (χ0n) is 16.9. The van der Waals surface area contributed by atoms with Crippen LogP contribution in [-0.4, -0.2) is 34.5 Å². The van der Waals surface area contributed by atoms with Crippen LogP contribution >= 0.6 is 0 Å². The van der Waals surface area contributed by atoms with Gasteiger partial charge in [-0.05, 0) is 54.4 Å². The molecule has 0 saturated heterocycles. The molecule has 4 rings (SSSR count). The van der Waals surface area contributed by atoms with Gasteiger partial charge >= 0.3 is 0 Å². The fourth-order valence-corrected chi connectivity index (χ4v) is 5.12. The third-order valence-corrected chi connectivity index (χ3v) is 7.04. The summed E-state index contributed by atoms with van der Waals surface area (Å²) in [5, 5.41) is 0. The number of anilines is 2. The quantitative estimate of drug-likeness (QED) is 0.587. The molecule has 1 aliphatic rings. The lowest BCUT2D eigenvalue weighted by molar-refractivity contribution is -0.117. The number of para-hydroxylation sites is 1. The first-order chi connectivity index (χ1) is 14.9. The smallest absolute Gasteiger partial charge is 0.267 e. The highest BCUT2D eigenvalue weighted by Crippen LogP contribution is 2.30. The van der Waals surface area contributed by atoms with Gasteiger partial charge in [0.2, 0.25) is 5.91 Å². The van der Waals surface area contributed by atoms with Crippen LogP contribution in [0.4, 0.5) is 15.8 Å². The Hall–Kier alpha value is -3.39. The van der Waals surface area contributed by atoms with Crippen molar-refractivity contribution in [2.24, 2.45) is 0 Å². The van der Waals surface area contributed by atoms with Crippen LogP contribution in [-0.2, 0) is 21.2 Å². The Bertz CT molecular complexity index is 1210. The molecule has 0 aliphatic carbocycles. The van der Waals surface area contributed by atoms with Gasteiger partial charge in [-0.15, -0.1) is 0 Å². The molecule has 1 aliphatic heterocycles. The van der Waals surface area contributed by atoms with Crippen molar-refractivity contribution in [3.8, 4) is 5.75 Å². The van der Waals surface area contributed by atoms with E-state index in [1.54, 1.807) is 17.0 Å². The van der Waals surface area contributed by atoms with Gasteiger partial charge in [0.25, 0.3) is 10.0 Å². The Morgan fingerprint density at radius 2 is 1.71 bits per heavy atom. The Kier molecular flexibility index (Phi) is 5.65. The summed E-state index contributed by atoms with van der Waals surface area (Å²) in [7, 11) is -2.84. The average molecular weight is 440 g/mol. The second-order valence-electron chi connectivity index (χ2n) is 7.06. The summed E-state index contributed by atoms with van der Waals surface area (Å²) in [5.74, 6) is -0.729. The summed E-state index contributed by atoms with van der Waals surface area (Å²) in [6, 6.07) is 18.9. The highest BCUT2D eigenvalue weighted by atomic mass is 32.2. The van der Waals surface area contributed by atoms with Crippen molar-refractivity contribution in [3.05, 3.63) is 84.2 Å². The second kappa shape index (κ2) is 8.39. The maximum Gasteiger partial charge on any atom is 0.267 e. The number of hydrogen-bond acceptors (Lipinski definition) is 4. The zero-order valence-corrected chi connectivity index (χ0v) is 17.7. The minimum Gasteiger partial charge on any atom is -0.497 e. The fourth-order valence-electron chi connectivity index (χ4n) is 3.64. The highest BCUT2D eigenvalue weighted by molar-refractivity contribution is 7.92. The first kappa shape index (κ1) is 20.9. The third-order valence-electron chi connectivity index (χ3n) is 5.23. The molecule has 3 aromatic rings. The van der Waals surface area contributed by atoms with Gasteiger partial charge in [0.15, 0.2) is 0 Å². The van der Waals surface area contributed by atoms with Crippen molar-refractivity contribution in [1.82, 2.24) is 0 Å². The summed E-state index contributed by atoms with van der Waals surface area (Å²) in [6.45, 7) is 0.00566. The number of nitrogens with zero attached hydrogens (tertiary/aromatic N) is 2. The van der Waals surface area contributed by atoms with Gasteiger partial charge in [0.1, 0.15) is 23.0 Å². The van der Waals surface area contributed by atoms with Gasteiger partial charge in [0, 0.05) is 12.2 Å². The first-order valence-electron chi connectivity index (χ1n) is 9.71. The number of carbonyl (C=O) groups is 1. The maximum atomic E-state index is 14.4. The number of hydrogen-bond donors (Lipinski definition) is 0. The van der Waals surface area contributed by atoms with E-state index in [0.29, 0.717) is 18.7 Å². The van der Waals surface area contributed by atoms with Crippen LogP contribution in [0.5, 0.6) is 5.75 Å². The van der Waals surface area contributed by atoms with Crippen molar-refractivity contribution < 1.29 is 22.3 Å². The van der Waals surface area contributed by atoms with E-state index in [-0.39, 0.29) is 11.6 Å². The number of methoxy groups -OCH3 is 1. The molecule has 0 bridgehead atoms. The van der Waals surface area contributed by atoms with Crippen molar-refractivity contribution in [2.75, 3.05) is 29.4 Å². The molecule has 3 aromatic carbocycles. The minimum absolute atomic E-state index is 0.241. The highest BCUT2D eigenvalue weighted by Gasteiger charge is 2.33. The molecular weight excluding hydrogens is 419 g/mol. The topological polar surface area (TPSA) is 66.9 Å². The predicted octanol–water partition coefficient (Wildman–Crippen LogP) is 3.62. The number of sulfonamides is 1. The van der Waals surface area contributed by atoms with Gasteiger partial charge in [-0.1, -0.05) is 30.3 Å². The van der Waals surface area contributed by atoms with Gasteiger partial charge in [-0.3, -0.25) is 9.10 Å². The molecule has 0 aromatic heterocycles. The van der Waals surface area contributed by atoms with Gasteiger partial charge in [-0.2, -0.15) is 0 Å². The summed E-state index contributed by atoms with van der Waals surface area (Å²) in [6.07, 6.45) is 0.699. The molecule has 1 amide bonds. The molecule has 0 radical (unpaired) electrons. The molecule has 1 heterocycles. The molecule has 0 fully saturated rings. The van der Waals surface area contributed by atoms with Crippen molar-refractivity contribution in [1.29, 1.82) is 0 Å². The molecular formula is C23H21FN2O4S. The molecule has 0 unspecified atom stereocenters. The van der Waals surface area contributed by atoms with Gasteiger partial charge < -0.3 is 9.64 Å². The number of benzene rings is 3. The minimum atomic E-state index is -4.34. The molecule has 0 atom stereocenters. The Balaban J connectivity index is 1.72. The Morgan fingerprint density at radius 1 is 1.03 bits per heavy atom. The van der Waals surface area contributed by atoms with E-state index in [1.165, 1.54) is 37.4 Å². The fraction of sp³-hybridized carbons (Fsp3) is 0.174. The van der Waals surface area contributed by atoms with E-state index in [2.05, 4.69) is 0 Å². The third kappa shape index (κ3) is 3.98. The number of halogens is 1. The second-order valence-corrected chi connectivity index (χ2v) is 8.89. The SMILES string of the molecule is COc1ccc(N(CC(=O)N2CCc3ccccc32)S(=O)(=O)c2ccccc2F)cc1. The van der Waals surface area contributed by atoms with Crippen LogP contribution in [0.25, 0.3) is 0 Å². The van der Waals surface area contributed by atoms with E-state index < -0.39 is 27.3 Å². The van der Waals surface area contributed by atoms with Crippen LogP contribution in [0.2, 0.25) is 0 Å². The Labute approximate surface area is 180 Å². The van der Waals surface area contributed by atoms with E-state index in [4.69, 9.17) is 4.74 Å². The summed E-state index contributed by atoms with van der Waals surface area (Å²) >= 11 is 0. The monoisotopic (exact) mass is 440 g/mol. The lowest BCUT2D eigenvalue weighted by Crippen LogP contribution is -2.42. The van der Waals surface area contributed by atoms with Crippen molar-refractivity contribution >= 4 is 27.3 Å². The standard InChI is InChI=1S/C23H21FN2O4S/c1-30-19-12-10-18(11-13-19)26(31(28,29)22-9-5-3-7-20(22)24)16-23(27)25-15-14-17-6-2-4-8-21(17)25/h2-13H,14-16H2,1H3. The summed E-state index contributed by atoms with van der Waals surface area (Å²) in [5.41, 5.74) is 2.04. The lowest BCUT2D eigenvalue weighted by atomic mass is 10.2. The van der Waals surface area contributed by atoms with E-state index in [9.17, 15) is 17.6 Å². The van der Waals surface area contributed by atoms with Crippen LogP contribution in [0.1, 0.15) is 5.56 Å². The normalized spacial score (nSPS) is 13.0. The number of rotatable bonds is 6. The molecule has 0 saturated carbocycles. The van der Waals surface area contributed by atoms with Crippen molar-refractivity contribution in [3.63, 3.8) is 0 Å². The summed E-state index contributed by atoms with van der Waals surface area (Å²) in [4.78, 5) is 14.3. The van der Waals surface area contributed by atoms with E-state index in [1.807, 2.05) is 24.3 Å². The van der Waals surface area contributed by atoms with Crippen LogP contribution in [0.3, 0.4) is 0 Å². The molecule has 8 heteroatoms. The number of carbonyl (C=O) groups excluding carboxylic acids is 1. The lowest BCUT2D eigenvalue weighted by Gasteiger charge is -2.27. The van der Waals surface area contributed by atoms with Crippen LogP contribution < -0.4 is 13.9 Å². The van der Waals surface area contributed by atoms with E-state index in [0.717, 1.165) is 21.6 Å². The van der Waals surface area contributed by atoms with E-state index >= 15 is 0 Å². The van der Waals surface area contributed by atoms with Crippen molar-refractivity contribution in [2.45, 2.75) is 11.3 Å². The molecule has 31 heavy (non-hydrogen) atoms. The summed E-state index contributed by atoms with van der Waals surface area (Å²) < 4.78 is 47.2. The number of amides is 1. The number of fused-ring (bicyclic) bond motifs is 1. The molecule has 0 N–H and O–H groups in total. The first-order valence-corrected chi connectivity index (χ1v) is 11.2. The largest absolute Gasteiger partial charge is 0.497 e. The zero-order chi connectivity index (χ0) is 22.0. The average Bonchev–Trinajstić information content (AvgIpc) is 3.22. The number of ether oxygens (including phenoxy) is 1. The maximum absolute atomic E-state index is 14.4.